The molecule has 0 aliphatic rings. The Morgan fingerprint density at radius 3 is 2.62 bits per heavy atom. The smallest absolute Gasteiger partial charge is 0.291 e. The molecule has 4 heteroatoms. The van der Waals surface area contributed by atoms with Crippen LogP contribution < -0.4 is 0 Å². The largest absolute Gasteiger partial charge is 0.319 e. The average molecular weight is 185 g/mol. The van der Waals surface area contributed by atoms with E-state index >= 15 is 0 Å². The summed E-state index contributed by atoms with van der Waals surface area (Å²) in [5.41, 5.74) is 0.344. The first kappa shape index (κ1) is 8.16. The highest BCUT2D eigenvalue weighted by Crippen LogP contribution is 2.22. The Balaban J connectivity index is 2.69. The van der Waals surface area contributed by atoms with Crippen LogP contribution in [0.4, 0.5) is 13.2 Å². The lowest BCUT2D eigenvalue weighted by Crippen LogP contribution is -1.94. The van der Waals surface area contributed by atoms with Crippen molar-refractivity contribution in [2.45, 2.75) is 6.55 Å². The number of nitrogens with zero attached hydrogens (tertiary/aromatic N) is 1. The van der Waals surface area contributed by atoms with Crippen LogP contribution in [0.1, 0.15) is 6.55 Å². The van der Waals surface area contributed by atoms with E-state index in [0.29, 0.717) is 10.9 Å². The van der Waals surface area contributed by atoms with Crippen molar-refractivity contribution in [3.63, 3.8) is 0 Å². The zero-order chi connectivity index (χ0) is 9.42. The van der Waals surface area contributed by atoms with E-state index in [-0.39, 0.29) is 0 Å². The monoisotopic (exact) mass is 185 g/mol. The summed E-state index contributed by atoms with van der Waals surface area (Å²) in [5, 5.41) is 0.486. The van der Waals surface area contributed by atoms with Crippen LogP contribution in [-0.4, -0.2) is 4.57 Å². The van der Waals surface area contributed by atoms with Crippen LogP contribution in [0, 0.1) is 5.82 Å². The molecule has 0 aliphatic heterocycles. The van der Waals surface area contributed by atoms with Gasteiger partial charge in [0.1, 0.15) is 5.82 Å². The van der Waals surface area contributed by atoms with Crippen molar-refractivity contribution in [3.8, 4) is 0 Å². The standard InChI is InChI=1S/C9H6F3N/c10-7-1-2-8-6(5-7)3-4-13(8)9(11)12/h1-5,9H. The Morgan fingerprint density at radius 1 is 1.15 bits per heavy atom. The van der Waals surface area contributed by atoms with Gasteiger partial charge in [0.05, 0.1) is 5.52 Å². The summed E-state index contributed by atoms with van der Waals surface area (Å²) in [7, 11) is 0. The van der Waals surface area contributed by atoms with Crippen molar-refractivity contribution in [3.05, 3.63) is 36.3 Å². The van der Waals surface area contributed by atoms with Gasteiger partial charge in [-0.2, -0.15) is 8.78 Å². The van der Waals surface area contributed by atoms with Crippen molar-refractivity contribution in [2.24, 2.45) is 0 Å². The second-order valence-corrected chi connectivity index (χ2v) is 2.70. The maximum absolute atomic E-state index is 12.7. The van der Waals surface area contributed by atoms with Crippen LogP contribution in [0.3, 0.4) is 0 Å². The molecule has 0 atom stereocenters. The second kappa shape index (κ2) is 2.80. The molecule has 0 unspecified atom stereocenters. The summed E-state index contributed by atoms with van der Waals surface area (Å²) in [6.45, 7) is -2.58. The Labute approximate surface area is 72.4 Å². The van der Waals surface area contributed by atoms with Crippen LogP contribution >= 0.6 is 0 Å². The van der Waals surface area contributed by atoms with Gasteiger partial charge in [-0.15, -0.1) is 0 Å². The van der Waals surface area contributed by atoms with E-state index < -0.39 is 12.4 Å². The van der Waals surface area contributed by atoms with Crippen LogP contribution in [0.2, 0.25) is 0 Å². The maximum atomic E-state index is 12.7. The van der Waals surface area contributed by atoms with Gasteiger partial charge in [-0.25, -0.2) is 4.39 Å². The van der Waals surface area contributed by atoms with Crippen molar-refractivity contribution in [2.75, 3.05) is 0 Å². The molecule has 0 saturated carbocycles. The predicted octanol–water partition coefficient (Wildman–Crippen LogP) is 3.18. The number of aromatic nitrogens is 1. The average Bonchev–Trinajstić information content (AvgIpc) is 2.46. The van der Waals surface area contributed by atoms with E-state index in [0.717, 1.165) is 4.57 Å². The molecule has 0 N–H and O–H groups in total. The molecule has 0 saturated heterocycles. The van der Waals surface area contributed by atoms with Crippen molar-refractivity contribution >= 4 is 10.9 Å². The van der Waals surface area contributed by atoms with E-state index in [1.165, 1.54) is 30.5 Å². The highest BCUT2D eigenvalue weighted by Gasteiger charge is 2.08. The molecule has 1 aromatic carbocycles. The van der Waals surface area contributed by atoms with Crippen molar-refractivity contribution < 1.29 is 13.2 Å². The number of hydrogen-bond acceptors (Lipinski definition) is 0. The fourth-order valence-corrected chi connectivity index (χ4v) is 1.31. The number of rotatable bonds is 1. The molecule has 0 amide bonds. The van der Waals surface area contributed by atoms with E-state index in [1.807, 2.05) is 0 Å². The molecule has 1 nitrogen and oxygen atoms in total. The third kappa shape index (κ3) is 1.28. The van der Waals surface area contributed by atoms with Crippen LogP contribution in [0.15, 0.2) is 30.5 Å². The zero-order valence-corrected chi connectivity index (χ0v) is 6.55. The van der Waals surface area contributed by atoms with E-state index in [2.05, 4.69) is 0 Å². The minimum Gasteiger partial charge on any atom is -0.291 e. The summed E-state index contributed by atoms with van der Waals surface area (Å²) >= 11 is 0. The molecule has 1 aromatic heterocycles. The molecule has 0 spiro atoms. The van der Waals surface area contributed by atoms with E-state index in [4.69, 9.17) is 0 Å². The SMILES string of the molecule is Fc1ccc2c(ccn2C(F)F)c1. The van der Waals surface area contributed by atoms with Gasteiger partial charge in [0.15, 0.2) is 0 Å². The van der Waals surface area contributed by atoms with Crippen molar-refractivity contribution in [1.29, 1.82) is 0 Å². The van der Waals surface area contributed by atoms with Crippen LogP contribution in [-0.2, 0) is 0 Å². The normalized spacial score (nSPS) is 11.4. The molecule has 68 valence electrons. The Hall–Kier alpha value is -1.45. The van der Waals surface area contributed by atoms with Crippen LogP contribution in [0.25, 0.3) is 10.9 Å². The molecule has 0 radical (unpaired) electrons. The summed E-state index contributed by atoms with van der Waals surface area (Å²) in [5.74, 6) is -0.417. The third-order valence-corrected chi connectivity index (χ3v) is 1.89. The lowest BCUT2D eigenvalue weighted by atomic mass is 10.2. The van der Waals surface area contributed by atoms with E-state index in [1.54, 1.807) is 0 Å². The molecule has 1 heterocycles. The predicted molar refractivity (Wildman–Crippen MR) is 43.1 cm³/mol. The highest BCUT2D eigenvalue weighted by molar-refractivity contribution is 5.80. The Kier molecular flexibility index (Phi) is 1.76. The van der Waals surface area contributed by atoms with Gasteiger partial charge in [0, 0.05) is 11.6 Å². The summed E-state index contributed by atoms with van der Waals surface area (Å²) in [6, 6.07) is 5.21. The molecule has 2 aromatic rings. The van der Waals surface area contributed by atoms with Gasteiger partial charge in [0.25, 0.3) is 0 Å². The topological polar surface area (TPSA) is 4.93 Å². The van der Waals surface area contributed by atoms with E-state index in [9.17, 15) is 13.2 Å². The number of fused-ring (bicyclic) bond motifs is 1. The van der Waals surface area contributed by atoms with Gasteiger partial charge in [-0.3, -0.25) is 4.57 Å². The lowest BCUT2D eigenvalue weighted by molar-refractivity contribution is 0.0752. The fraction of sp³-hybridized carbons (Fsp3) is 0.111. The van der Waals surface area contributed by atoms with Gasteiger partial charge < -0.3 is 0 Å². The Morgan fingerprint density at radius 2 is 1.92 bits per heavy atom. The third-order valence-electron chi connectivity index (χ3n) is 1.89. The highest BCUT2D eigenvalue weighted by atomic mass is 19.3. The molecule has 0 fully saturated rings. The van der Waals surface area contributed by atoms with Gasteiger partial charge in [0.2, 0.25) is 0 Å². The zero-order valence-electron chi connectivity index (χ0n) is 6.55. The quantitative estimate of drug-likeness (QED) is 0.643. The first-order valence-corrected chi connectivity index (χ1v) is 3.73. The summed E-state index contributed by atoms with van der Waals surface area (Å²) in [6.07, 6.45) is 1.24. The maximum Gasteiger partial charge on any atom is 0.319 e. The molecular formula is C9H6F3N. The summed E-state index contributed by atoms with van der Waals surface area (Å²) in [4.78, 5) is 0. The molecule has 13 heavy (non-hydrogen) atoms. The minimum atomic E-state index is -2.58. The molecule has 2 rings (SSSR count). The van der Waals surface area contributed by atoms with Gasteiger partial charge in [-0.05, 0) is 24.3 Å². The number of hydrogen-bond donors (Lipinski definition) is 0. The lowest BCUT2D eigenvalue weighted by Gasteiger charge is -2.01. The first-order valence-electron chi connectivity index (χ1n) is 3.73. The molecule has 0 aliphatic carbocycles. The van der Waals surface area contributed by atoms with Crippen molar-refractivity contribution in [1.82, 2.24) is 4.57 Å². The second-order valence-electron chi connectivity index (χ2n) is 2.70. The number of halogens is 3. The Bertz CT molecular complexity index is 433. The van der Waals surface area contributed by atoms with Crippen LogP contribution in [0.5, 0.6) is 0 Å². The first-order chi connectivity index (χ1) is 6.18. The fourth-order valence-electron chi connectivity index (χ4n) is 1.31. The number of alkyl halides is 2. The van der Waals surface area contributed by atoms with Gasteiger partial charge in [-0.1, -0.05) is 0 Å². The minimum absolute atomic E-state index is 0.344. The summed E-state index contributed by atoms with van der Waals surface area (Å²) < 4.78 is 38.1. The molecule has 0 bridgehead atoms. The molecular weight excluding hydrogens is 179 g/mol. The van der Waals surface area contributed by atoms with Gasteiger partial charge >= 0.3 is 6.55 Å². The number of benzene rings is 1.